The molecule has 3 heteroatoms. The van der Waals surface area contributed by atoms with Crippen LogP contribution in [0.15, 0.2) is 54.6 Å². The van der Waals surface area contributed by atoms with E-state index < -0.39 is 12.2 Å². The Balaban J connectivity index is 2.10. The Hall–Kier alpha value is -1.68. The normalized spacial score (nSPS) is 14.1. The second-order valence-electron chi connectivity index (χ2n) is 4.55. The van der Waals surface area contributed by atoms with E-state index >= 15 is 0 Å². The van der Waals surface area contributed by atoms with E-state index in [0.29, 0.717) is 12.0 Å². The average Bonchev–Trinajstić information content (AvgIpc) is 2.48. The first kappa shape index (κ1) is 13.7. The van der Waals surface area contributed by atoms with Crippen LogP contribution in [-0.4, -0.2) is 21.4 Å². The number of rotatable bonds is 5. The van der Waals surface area contributed by atoms with Gasteiger partial charge in [-0.1, -0.05) is 54.6 Å². The van der Waals surface area contributed by atoms with Crippen molar-refractivity contribution in [2.75, 3.05) is 0 Å². The van der Waals surface area contributed by atoms with Crippen molar-refractivity contribution in [3.63, 3.8) is 0 Å². The molecule has 100 valence electrons. The van der Waals surface area contributed by atoms with Crippen molar-refractivity contribution >= 4 is 0 Å². The summed E-state index contributed by atoms with van der Waals surface area (Å²) >= 11 is 0. The van der Waals surface area contributed by atoms with Gasteiger partial charge in [0.2, 0.25) is 0 Å². The van der Waals surface area contributed by atoms with Crippen LogP contribution in [0.4, 0.5) is 0 Å². The number of aliphatic hydroxyl groups excluding tert-OH is 3. The van der Waals surface area contributed by atoms with Gasteiger partial charge in [-0.05, 0) is 16.7 Å². The fourth-order valence-electron chi connectivity index (χ4n) is 2.12. The van der Waals surface area contributed by atoms with Crippen LogP contribution < -0.4 is 0 Å². The van der Waals surface area contributed by atoms with Gasteiger partial charge in [-0.25, -0.2) is 0 Å². The van der Waals surface area contributed by atoms with Crippen LogP contribution in [0.5, 0.6) is 0 Å². The fourth-order valence-corrected chi connectivity index (χ4v) is 2.12. The molecule has 0 saturated heterocycles. The second kappa shape index (κ2) is 6.48. The summed E-state index contributed by atoms with van der Waals surface area (Å²) in [5.74, 6) is 0. The van der Waals surface area contributed by atoms with Crippen molar-refractivity contribution in [2.45, 2.75) is 25.2 Å². The van der Waals surface area contributed by atoms with Crippen LogP contribution in [0.3, 0.4) is 0 Å². The Morgan fingerprint density at radius 1 is 0.789 bits per heavy atom. The lowest BCUT2D eigenvalue weighted by Crippen LogP contribution is -2.21. The lowest BCUT2D eigenvalue weighted by molar-refractivity contribution is 0.0187. The maximum Gasteiger partial charge on any atom is 0.105 e. The largest absolute Gasteiger partial charge is 0.392 e. The summed E-state index contributed by atoms with van der Waals surface area (Å²) in [6.07, 6.45) is -1.50. The average molecular weight is 258 g/mol. The molecular formula is C16H18O3. The third-order valence-corrected chi connectivity index (χ3v) is 3.22. The van der Waals surface area contributed by atoms with Gasteiger partial charge >= 0.3 is 0 Å². The summed E-state index contributed by atoms with van der Waals surface area (Å²) in [6, 6.07) is 16.5. The Labute approximate surface area is 112 Å². The molecule has 0 fully saturated rings. The Morgan fingerprint density at radius 2 is 1.37 bits per heavy atom. The highest BCUT2D eigenvalue weighted by molar-refractivity contribution is 5.28. The van der Waals surface area contributed by atoms with Crippen LogP contribution in [-0.2, 0) is 13.0 Å². The molecule has 2 aromatic rings. The molecule has 2 aromatic carbocycles. The molecule has 0 aliphatic rings. The van der Waals surface area contributed by atoms with Gasteiger partial charge < -0.3 is 15.3 Å². The minimum atomic E-state index is -0.923. The monoisotopic (exact) mass is 258 g/mol. The topological polar surface area (TPSA) is 60.7 Å². The van der Waals surface area contributed by atoms with Crippen molar-refractivity contribution in [3.05, 3.63) is 71.3 Å². The van der Waals surface area contributed by atoms with E-state index in [-0.39, 0.29) is 6.61 Å². The molecule has 3 N–H and O–H groups in total. The van der Waals surface area contributed by atoms with Crippen molar-refractivity contribution in [2.24, 2.45) is 0 Å². The van der Waals surface area contributed by atoms with E-state index in [4.69, 9.17) is 0 Å². The quantitative estimate of drug-likeness (QED) is 0.766. The molecule has 0 aromatic heterocycles. The highest BCUT2D eigenvalue weighted by Crippen LogP contribution is 2.21. The zero-order chi connectivity index (χ0) is 13.7. The Bertz CT molecular complexity index is 510. The number of hydrogen-bond acceptors (Lipinski definition) is 3. The molecule has 2 unspecified atom stereocenters. The Kier molecular flexibility index (Phi) is 4.68. The molecule has 2 rings (SSSR count). The van der Waals surface area contributed by atoms with E-state index in [1.54, 1.807) is 12.1 Å². The molecule has 0 aliphatic heterocycles. The number of hydrogen-bond donors (Lipinski definition) is 3. The molecule has 0 spiro atoms. The van der Waals surface area contributed by atoms with Gasteiger partial charge in [-0.3, -0.25) is 0 Å². The van der Waals surface area contributed by atoms with E-state index in [9.17, 15) is 15.3 Å². The van der Waals surface area contributed by atoms with Crippen molar-refractivity contribution in [1.29, 1.82) is 0 Å². The smallest absolute Gasteiger partial charge is 0.105 e. The SMILES string of the molecule is OCc1ccccc1CC(O)C(O)c1ccccc1. The molecule has 0 bridgehead atoms. The molecule has 3 nitrogen and oxygen atoms in total. The predicted octanol–water partition coefficient (Wildman–Crippen LogP) is 1.82. The first-order chi connectivity index (χ1) is 9.22. The molecule has 0 radical (unpaired) electrons. The van der Waals surface area contributed by atoms with Gasteiger partial charge in [0.15, 0.2) is 0 Å². The summed E-state index contributed by atoms with van der Waals surface area (Å²) in [5, 5.41) is 29.5. The lowest BCUT2D eigenvalue weighted by Gasteiger charge is -2.19. The van der Waals surface area contributed by atoms with E-state index in [1.807, 2.05) is 42.5 Å². The van der Waals surface area contributed by atoms with Crippen molar-refractivity contribution < 1.29 is 15.3 Å². The van der Waals surface area contributed by atoms with Crippen LogP contribution in [0.2, 0.25) is 0 Å². The second-order valence-corrected chi connectivity index (χ2v) is 4.55. The van der Waals surface area contributed by atoms with E-state index in [2.05, 4.69) is 0 Å². The maximum atomic E-state index is 10.1. The highest BCUT2D eigenvalue weighted by atomic mass is 16.3. The Morgan fingerprint density at radius 3 is 2.00 bits per heavy atom. The van der Waals surface area contributed by atoms with E-state index in [1.165, 1.54) is 0 Å². The standard InChI is InChI=1S/C16H18O3/c17-11-14-9-5-4-8-13(14)10-15(18)16(19)12-6-2-1-3-7-12/h1-9,15-19H,10-11H2. The lowest BCUT2D eigenvalue weighted by atomic mass is 9.96. The summed E-state index contributed by atoms with van der Waals surface area (Å²) in [5.41, 5.74) is 2.32. The zero-order valence-electron chi connectivity index (χ0n) is 10.6. The summed E-state index contributed by atoms with van der Waals surface area (Å²) in [6.45, 7) is -0.0652. The molecule has 0 aliphatic carbocycles. The molecule has 0 amide bonds. The molecule has 0 saturated carbocycles. The van der Waals surface area contributed by atoms with Crippen molar-refractivity contribution in [3.8, 4) is 0 Å². The summed E-state index contributed by atoms with van der Waals surface area (Å²) in [7, 11) is 0. The predicted molar refractivity (Wildman–Crippen MR) is 73.5 cm³/mol. The van der Waals surface area contributed by atoms with Gasteiger partial charge in [0.25, 0.3) is 0 Å². The molecular weight excluding hydrogens is 240 g/mol. The molecule has 19 heavy (non-hydrogen) atoms. The summed E-state index contributed by atoms with van der Waals surface area (Å²) < 4.78 is 0. The van der Waals surface area contributed by atoms with Crippen LogP contribution >= 0.6 is 0 Å². The van der Waals surface area contributed by atoms with Crippen LogP contribution in [0.25, 0.3) is 0 Å². The van der Waals surface area contributed by atoms with Gasteiger partial charge in [-0.2, -0.15) is 0 Å². The third kappa shape index (κ3) is 3.41. The molecule has 2 atom stereocenters. The first-order valence-electron chi connectivity index (χ1n) is 6.31. The molecule has 0 heterocycles. The van der Waals surface area contributed by atoms with E-state index in [0.717, 1.165) is 11.1 Å². The third-order valence-electron chi connectivity index (χ3n) is 3.22. The highest BCUT2D eigenvalue weighted by Gasteiger charge is 2.19. The number of aliphatic hydroxyl groups is 3. The fraction of sp³-hybridized carbons (Fsp3) is 0.250. The van der Waals surface area contributed by atoms with Crippen molar-refractivity contribution in [1.82, 2.24) is 0 Å². The zero-order valence-corrected chi connectivity index (χ0v) is 10.6. The van der Waals surface area contributed by atoms with Gasteiger partial charge in [0, 0.05) is 6.42 Å². The van der Waals surface area contributed by atoms with Gasteiger partial charge in [-0.15, -0.1) is 0 Å². The minimum Gasteiger partial charge on any atom is -0.392 e. The van der Waals surface area contributed by atoms with Crippen LogP contribution in [0.1, 0.15) is 22.8 Å². The summed E-state index contributed by atoms with van der Waals surface area (Å²) in [4.78, 5) is 0. The first-order valence-corrected chi connectivity index (χ1v) is 6.31. The van der Waals surface area contributed by atoms with Gasteiger partial charge in [0.1, 0.15) is 6.10 Å². The number of benzene rings is 2. The maximum absolute atomic E-state index is 10.1. The minimum absolute atomic E-state index is 0.0652. The van der Waals surface area contributed by atoms with Gasteiger partial charge in [0.05, 0.1) is 12.7 Å². The van der Waals surface area contributed by atoms with Crippen LogP contribution in [0, 0.1) is 0 Å².